The summed E-state index contributed by atoms with van der Waals surface area (Å²) in [6, 6.07) is 19.9. The second-order valence-electron chi connectivity index (χ2n) is 5.43. The van der Waals surface area contributed by atoms with Crippen LogP contribution in [0.1, 0.15) is 24.1 Å². The van der Waals surface area contributed by atoms with Gasteiger partial charge in [-0.05, 0) is 24.1 Å². The first-order valence-corrected chi connectivity index (χ1v) is 8.93. The quantitative estimate of drug-likeness (QED) is 0.557. The van der Waals surface area contributed by atoms with Gasteiger partial charge in [0.25, 0.3) is 5.91 Å². The van der Waals surface area contributed by atoms with Crippen molar-refractivity contribution in [3.05, 3.63) is 88.8 Å². The standard InChI is InChI=1S/C20H17NOS2/c1-15(17-12-6-3-7-13-17)21-19(22)18(24-20(21)23)14-8-11-16-9-4-2-5-10-16/h2-15H,1H3/t15-/m1/s1. The summed E-state index contributed by atoms with van der Waals surface area (Å²) in [5, 5.41) is 0. The second kappa shape index (κ2) is 7.60. The molecule has 0 radical (unpaired) electrons. The van der Waals surface area contributed by atoms with Crippen molar-refractivity contribution in [3.63, 3.8) is 0 Å². The van der Waals surface area contributed by atoms with Gasteiger partial charge in [0.1, 0.15) is 4.32 Å². The molecule has 0 N–H and O–H groups in total. The predicted octanol–water partition coefficient (Wildman–Crippen LogP) is 5.21. The SMILES string of the molecule is C[C@H](c1ccccc1)N1C(=O)C(=CC=Cc2ccccc2)SC1=S. The first-order valence-electron chi connectivity index (χ1n) is 7.70. The maximum atomic E-state index is 12.7. The van der Waals surface area contributed by atoms with E-state index in [1.807, 2.05) is 85.8 Å². The first-order chi connectivity index (χ1) is 11.7. The number of allylic oxidation sites excluding steroid dienone is 2. The maximum Gasteiger partial charge on any atom is 0.266 e. The number of thiocarbonyl (C=S) groups is 1. The normalized spacial score (nSPS) is 17.9. The lowest BCUT2D eigenvalue weighted by atomic mass is 10.1. The van der Waals surface area contributed by atoms with E-state index < -0.39 is 0 Å². The van der Waals surface area contributed by atoms with Crippen LogP contribution >= 0.6 is 24.0 Å². The van der Waals surface area contributed by atoms with Crippen LogP contribution in [0.25, 0.3) is 6.08 Å². The van der Waals surface area contributed by atoms with E-state index >= 15 is 0 Å². The molecule has 0 aliphatic carbocycles. The molecule has 0 saturated carbocycles. The number of nitrogens with zero attached hydrogens (tertiary/aromatic N) is 1. The molecule has 0 unspecified atom stereocenters. The average molecular weight is 351 g/mol. The molecule has 4 heteroatoms. The van der Waals surface area contributed by atoms with Crippen LogP contribution in [0, 0.1) is 0 Å². The monoisotopic (exact) mass is 351 g/mol. The van der Waals surface area contributed by atoms with Crippen molar-refractivity contribution in [3.8, 4) is 0 Å². The molecule has 1 atom stereocenters. The zero-order chi connectivity index (χ0) is 16.9. The Hall–Kier alpha value is -2.17. The second-order valence-corrected chi connectivity index (χ2v) is 7.11. The van der Waals surface area contributed by atoms with Crippen molar-refractivity contribution >= 4 is 40.3 Å². The number of carbonyl (C=O) groups is 1. The molecule has 2 aromatic carbocycles. The Kier molecular flexibility index (Phi) is 5.28. The highest BCUT2D eigenvalue weighted by atomic mass is 32.2. The number of amides is 1. The van der Waals surface area contributed by atoms with Crippen molar-refractivity contribution in [2.75, 3.05) is 0 Å². The zero-order valence-electron chi connectivity index (χ0n) is 13.3. The number of benzene rings is 2. The molecule has 3 rings (SSSR count). The molecule has 2 aromatic rings. The van der Waals surface area contributed by atoms with E-state index in [1.54, 1.807) is 4.90 Å². The molecule has 2 nitrogen and oxygen atoms in total. The van der Waals surface area contributed by atoms with Gasteiger partial charge in [-0.3, -0.25) is 9.69 Å². The summed E-state index contributed by atoms with van der Waals surface area (Å²) >= 11 is 6.78. The Labute approximate surface area is 151 Å². The average Bonchev–Trinajstić information content (AvgIpc) is 2.90. The minimum absolute atomic E-state index is 0.0286. The summed E-state index contributed by atoms with van der Waals surface area (Å²) in [6.45, 7) is 2.00. The summed E-state index contributed by atoms with van der Waals surface area (Å²) < 4.78 is 0.607. The number of carbonyl (C=O) groups excluding carboxylic acids is 1. The van der Waals surface area contributed by atoms with E-state index in [0.29, 0.717) is 9.23 Å². The molecule has 1 aliphatic heterocycles. The topological polar surface area (TPSA) is 20.3 Å². The molecule has 0 bridgehead atoms. The summed E-state index contributed by atoms with van der Waals surface area (Å²) in [6.07, 6.45) is 5.71. The molecule has 0 spiro atoms. The fourth-order valence-electron chi connectivity index (χ4n) is 2.52. The summed E-state index contributed by atoms with van der Waals surface area (Å²) in [5.74, 6) is -0.0286. The third-order valence-corrected chi connectivity index (χ3v) is 5.18. The first kappa shape index (κ1) is 16.7. The number of thioether (sulfide) groups is 1. The molecule has 120 valence electrons. The highest BCUT2D eigenvalue weighted by Gasteiger charge is 2.35. The number of hydrogen-bond acceptors (Lipinski definition) is 3. The summed E-state index contributed by atoms with van der Waals surface area (Å²) in [5.41, 5.74) is 2.18. The van der Waals surface area contributed by atoms with Crippen LogP contribution in [-0.2, 0) is 4.79 Å². The van der Waals surface area contributed by atoms with Crippen LogP contribution < -0.4 is 0 Å². The molecule has 1 heterocycles. The van der Waals surface area contributed by atoms with Crippen LogP contribution in [0.15, 0.2) is 77.7 Å². The van der Waals surface area contributed by atoms with Crippen molar-refractivity contribution < 1.29 is 4.79 Å². The summed E-state index contributed by atoms with van der Waals surface area (Å²) in [4.78, 5) is 15.0. The van der Waals surface area contributed by atoms with E-state index in [2.05, 4.69) is 0 Å². The van der Waals surface area contributed by atoms with Crippen LogP contribution in [-0.4, -0.2) is 15.1 Å². The Morgan fingerprint density at radius 3 is 2.33 bits per heavy atom. The molecule has 1 saturated heterocycles. The van der Waals surface area contributed by atoms with Gasteiger partial charge in [0.15, 0.2) is 0 Å². The fraction of sp³-hybridized carbons (Fsp3) is 0.100. The van der Waals surface area contributed by atoms with Gasteiger partial charge in [-0.15, -0.1) is 0 Å². The van der Waals surface area contributed by atoms with E-state index in [0.717, 1.165) is 11.1 Å². The maximum absolute atomic E-state index is 12.7. The smallest absolute Gasteiger partial charge is 0.266 e. The minimum Gasteiger partial charge on any atom is -0.286 e. The van der Waals surface area contributed by atoms with Gasteiger partial charge in [0.2, 0.25) is 0 Å². The van der Waals surface area contributed by atoms with Crippen molar-refractivity contribution in [2.45, 2.75) is 13.0 Å². The van der Waals surface area contributed by atoms with Gasteiger partial charge >= 0.3 is 0 Å². The predicted molar refractivity (Wildman–Crippen MR) is 105 cm³/mol. The molecular weight excluding hydrogens is 334 g/mol. The highest BCUT2D eigenvalue weighted by Crippen LogP contribution is 2.36. The third kappa shape index (κ3) is 3.66. The van der Waals surface area contributed by atoms with Crippen LogP contribution in [0.4, 0.5) is 0 Å². The van der Waals surface area contributed by atoms with E-state index in [4.69, 9.17) is 12.2 Å². The van der Waals surface area contributed by atoms with Crippen molar-refractivity contribution in [2.24, 2.45) is 0 Å². The number of hydrogen-bond donors (Lipinski definition) is 0. The third-order valence-electron chi connectivity index (χ3n) is 3.83. The Bertz CT molecular complexity index is 797. The lowest BCUT2D eigenvalue weighted by Crippen LogP contribution is -2.30. The van der Waals surface area contributed by atoms with E-state index in [1.165, 1.54) is 11.8 Å². The van der Waals surface area contributed by atoms with Crippen LogP contribution in [0.3, 0.4) is 0 Å². The van der Waals surface area contributed by atoms with Crippen molar-refractivity contribution in [1.29, 1.82) is 0 Å². The van der Waals surface area contributed by atoms with Gasteiger partial charge in [0, 0.05) is 0 Å². The molecule has 1 fully saturated rings. The molecule has 24 heavy (non-hydrogen) atoms. The zero-order valence-corrected chi connectivity index (χ0v) is 14.9. The Morgan fingerprint density at radius 2 is 1.67 bits per heavy atom. The Morgan fingerprint density at radius 1 is 1.04 bits per heavy atom. The largest absolute Gasteiger partial charge is 0.286 e. The lowest BCUT2D eigenvalue weighted by molar-refractivity contribution is -0.123. The lowest BCUT2D eigenvalue weighted by Gasteiger charge is -2.23. The molecule has 1 amide bonds. The fourth-order valence-corrected chi connectivity index (χ4v) is 3.89. The minimum atomic E-state index is -0.0669. The van der Waals surface area contributed by atoms with Crippen LogP contribution in [0.2, 0.25) is 0 Å². The Balaban J connectivity index is 1.76. The van der Waals surface area contributed by atoms with Gasteiger partial charge in [-0.2, -0.15) is 0 Å². The van der Waals surface area contributed by atoms with Gasteiger partial charge in [0.05, 0.1) is 10.9 Å². The van der Waals surface area contributed by atoms with Crippen LogP contribution in [0.5, 0.6) is 0 Å². The van der Waals surface area contributed by atoms with Gasteiger partial charge in [-0.25, -0.2) is 0 Å². The van der Waals surface area contributed by atoms with Gasteiger partial charge in [-0.1, -0.05) is 96.8 Å². The molecular formula is C20H17NOS2. The van der Waals surface area contributed by atoms with E-state index in [9.17, 15) is 4.79 Å². The molecule has 1 aliphatic rings. The summed E-state index contributed by atoms with van der Waals surface area (Å²) in [7, 11) is 0. The van der Waals surface area contributed by atoms with Gasteiger partial charge < -0.3 is 0 Å². The molecule has 0 aromatic heterocycles. The van der Waals surface area contributed by atoms with E-state index in [-0.39, 0.29) is 11.9 Å². The van der Waals surface area contributed by atoms with Crippen molar-refractivity contribution in [1.82, 2.24) is 4.90 Å². The number of rotatable bonds is 4. The highest BCUT2D eigenvalue weighted by molar-refractivity contribution is 8.26.